The van der Waals surface area contributed by atoms with E-state index >= 15 is 0 Å². The molecule has 2 heterocycles. The zero-order valence-electron chi connectivity index (χ0n) is 14.1. The second-order valence-electron chi connectivity index (χ2n) is 6.97. The van der Waals surface area contributed by atoms with Gasteiger partial charge in [0.2, 0.25) is 11.8 Å². The average molecular weight is 370 g/mol. The molecule has 3 aliphatic rings. The third-order valence-electron chi connectivity index (χ3n) is 5.11. The summed E-state index contributed by atoms with van der Waals surface area (Å²) in [4.78, 5) is 48.0. The molecule has 26 heavy (non-hydrogen) atoms. The van der Waals surface area contributed by atoms with Crippen molar-refractivity contribution < 1.29 is 38.9 Å². The van der Waals surface area contributed by atoms with Gasteiger partial charge < -0.3 is 30.3 Å². The zero-order valence-corrected chi connectivity index (χ0v) is 14.1. The van der Waals surface area contributed by atoms with Gasteiger partial charge in [-0.3, -0.25) is 19.2 Å². The molecule has 2 aliphatic heterocycles. The van der Waals surface area contributed by atoms with E-state index in [2.05, 4.69) is 10.6 Å². The van der Waals surface area contributed by atoms with Gasteiger partial charge in [0.25, 0.3) is 0 Å². The van der Waals surface area contributed by atoms with Gasteiger partial charge in [0.1, 0.15) is 0 Å². The van der Waals surface area contributed by atoms with Crippen LogP contribution in [0.25, 0.3) is 0 Å². The standard InChI is InChI=1S/C16H22N2O8/c19-13(17-3-7-5-25-7)9-1-11(15(21)22)12(16(23)24)2-10(9)14(20)18-4-8-6-26-8/h7-12H,1-6H2,(H,17,19)(H,18,20)(H,21,22)(H,23,24). The second kappa shape index (κ2) is 7.58. The predicted molar refractivity (Wildman–Crippen MR) is 84.0 cm³/mol. The van der Waals surface area contributed by atoms with Gasteiger partial charge in [0, 0.05) is 13.1 Å². The Hall–Kier alpha value is -2.20. The molecular weight excluding hydrogens is 348 g/mol. The minimum absolute atomic E-state index is 0.0520. The van der Waals surface area contributed by atoms with Gasteiger partial charge in [-0.15, -0.1) is 0 Å². The van der Waals surface area contributed by atoms with E-state index in [-0.39, 0.29) is 25.0 Å². The third-order valence-corrected chi connectivity index (χ3v) is 5.11. The maximum Gasteiger partial charge on any atom is 0.307 e. The summed E-state index contributed by atoms with van der Waals surface area (Å²) in [6.45, 7) is 1.68. The van der Waals surface area contributed by atoms with Crippen LogP contribution in [-0.2, 0) is 28.7 Å². The van der Waals surface area contributed by atoms with Crippen LogP contribution in [0.3, 0.4) is 0 Å². The molecule has 3 fully saturated rings. The molecule has 10 nitrogen and oxygen atoms in total. The highest BCUT2D eigenvalue weighted by atomic mass is 16.6. The number of carbonyl (C=O) groups is 4. The molecule has 1 aliphatic carbocycles. The smallest absolute Gasteiger partial charge is 0.307 e. The molecule has 144 valence electrons. The summed E-state index contributed by atoms with van der Waals surface area (Å²) in [5.74, 6) is -7.66. The van der Waals surface area contributed by atoms with Crippen molar-refractivity contribution in [1.82, 2.24) is 10.6 Å². The first kappa shape index (κ1) is 18.6. The minimum Gasteiger partial charge on any atom is -0.481 e. The summed E-state index contributed by atoms with van der Waals surface area (Å²) in [6.07, 6.45) is -0.490. The maximum atomic E-state index is 12.5. The highest BCUT2D eigenvalue weighted by molar-refractivity contribution is 5.90. The molecule has 0 radical (unpaired) electrons. The molecule has 4 N–H and O–H groups in total. The Labute approximate surface area is 149 Å². The van der Waals surface area contributed by atoms with Gasteiger partial charge in [0.05, 0.1) is 49.1 Å². The lowest BCUT2D eigenvalue weighted by molar-refractivity contribution is -0.161. The van der Waals surface area contributed by atoms with Gasteiger partial charge in [-0.05, 0) is 12.8 Å². The molecule has 0 aromatic heterocycles. The summed E-state index contributed by atoms with van der Waals surface area (Å²) >= 11 is 0. The molecule has 2 amide bonds. The molecule has 0 bridgehead atoms. The Morgan fingerprint density at radius 2 is 1.08 bits per heavy atom. The minimum atomic E-state index is -1.27. The number of carboxylic acids is 2. The van der Waals surface area contributed by atoms with Crippen LogP contribution in [0.2, 0.25) is 0 Å². The summed E-state index contributed by atoms with van der Waals surface area (Å²) in [6, 6.07) is 0. The largest absolute Gasteiger partial charge is 0.481 e. The van der Waals surface area contributed by atoms with Crippen LogP contribution in [0, 0.1) is 23.7 Å². The first-order valence-corrected chi connectivity index (χ1v) is 8.61. The van der Waals surface area contributed by atoms with Gasteiger partial charge in [-0.1, -0.05) is 0 Å². The molecule has 3 rings (SSSR count). The van der Waals surface area contributed by atoms with E-state index < -0.39 is 47.4 Å². The first-order valence-electron chi connectivity index (χ1n) is 8.61. The van der Waals surface area contributed by atoms with Crippen LogP contribution in [-0.4, -0.2) is 72.5 Å². The normalized spacial score (nSPS) is 35.2. The van der Waals surface area contributed by atoms with E-state index in [0.29, 0.717) is 26.3 Å². The van der Waals surface area contributed by atoms with E-state index in [4.69, 9.17) is 9.47 Å². The summed E-state index contributed by atoms with van der Waals surface area (Å²) in [5, 5.41) is 24.1. The van der Waals surface area contributed by atoms with Crippen molar-refractivity contribution in [2.75, 3.05) is 26.3 Å². The van der Waals surface area contributed by atoms with Crippen LogP contribution in [0.5, 0.6) is 0 Å². The van der Waals surface area contributed by atoms with Gasteiger partial charge >= 0.3 is 11.9 Å². The number of rotatable bonds is 8. The Morgan fingerprint density at radius 1 is 0.731 bits per heavy atom. The Balaban J connectivity index is 1.72. The molecule has 10 heteroatoms. The van der Waals surface area contributed by atoms with Crippen LogP contribution in [0.15, 0.2) is 0 Å². The lowest BCUT2D eigenvalue weighted by atomic mass is 9.67. The predicted octanol–water partition coefficient (Wildman–Crippen LogP) is -1.56. The second-order valence-corrected chi connectivity index (χ2v) is 6.97. The van der Waals surface area contributed by atoms with Gasteiger partial charge in [0.15, 0.2) is 0 Å². The fourth-order valence-corrected chi connectivity index (χ4v) is 3.39. The van der Waals surface area contributed by atoms with Crippen LogP contribution < -0.4 is 10.6 Å². The monoisotopic (exact) mass is 370 g/mol. The number of aliphatic carboxylic acids is 2. The lowest BCUT2D eigenvalue weighted by Gasteiger charge is -2.36. The number of epoxide rings is 2. The molecular formula is C16H22N2O8. The van der Waals surface area contributed by atoms with Crippen molar-refractivity contribution in [1.29, 1.82) is 0 Å². The first-order chi connectivity index (χ1) is 12.4. The van der Waals surface area contributed by atoms with Crippen LogP contribution in [0.4, 0.5) is 0 Å². The third kappa shape index (κ3) is 4.50. The van der Waals surface area contributed by atoms with Crippen molar-refractivity contribution in [3.05, 3.63) is 0 Å². The van der Waals surface area contributed by atoms with Crippen LogP contribution in [0.1, 0.15) is 12.8 Å². The topological polar surface area (TPSA) is 158 Å². The van der Waals surface area contributed by atoms with Crippen molar-refractivity contribution in [3.8, 4) is 0 Å². The maximum absolute atomic E-state index is 12.5. The molecule has 6 atom stereocenters. The number of carbonyl (C=O) groups excluding carboxylic acids is 2. The van der Waals surface area contributed by atoms with E-state index in [1.54, 1.807) is 0 Å². The van der Waals surface area contributed by atoms with Gasteiger partial charge in [-0.2, -0.15) is 0 Å². The molecule has 1 saturated carbocycles. The molecule has 0 spiro atoms. The summed E-state index contributed by atoms with van der Waals surface area (Å²) in [7, 11) is 0. The van der Waals surface area contributed by atoms with E-state index in [1.165, 1.54) is 0 Å². The number of hydrogen-bond acceptors (Lipinski definition) is 6. The Bertz CT molecular complexity index is 549. The molecule has 0 aromatic rings. The fraction of sp³-hybridized carbons (Fsp3) is 0.750. The van der Waals surface area contributed by atoms with E-state index in [1.807, 2.05) is 0 Å². The summed E-state index contributed by atoms with van der Waals surface area (Å²) in [5.41, 5.74) is 0. The van der Waals surface area contributed by atoms with Crippen molar-refractivity contribution in [3.63, 3.8) is 0 Å². The Morgan fingerprint density at radius 3 is 1.35 bits per heavy atom. The zero-order chi connectivity index (χ0) is 18.8. The highest BCUT2D eigenvalue weighted by Gasteiger charge is 2.49. The SMILES string of the molecule is O=C(O)C1CC(C(=O)NCC2CO2)C(C(=O)NCC2CO2)CC1C(=O)O. The quantitative estimate of drug-likeness (QED) is 0.374. The number of nitrogens with one attached hydrogen (secondary N) is 2. The Kier molecular flexibility index (Phi) is 5.42. The van der Waals surface area contributed by atoms with Crippen molar-refractivity contribution >= 4 is 23.8 Å². The molecule has 6 unspecified atom stereocenters. The molecule has 0 aromatic carbocycles. The average Bonchev–Trinajstić information content (AvgIpc) is 3.50. The van der Waals surface area contributed by atoms with Crippen LogP contribution >= 0.6 is 0 Å². The number of hydrogen-bond donors (Lipinski definition) is 4. The van der Waals surface area contributed by atoms with Gasteiger partial charge in [-0.25, -0.2) is 0 Å². The van der Waals surface area contributed by atoms with Crippen molar-refractivity contribution in [2.45, 2.75) is 25.0 Å². The highest BCUT2D eigenvalue weighted by Crippen LogP contribution is 2.39. The molecule has 2 saturated heterocycles. The lowest BCUT2D eigenvalue weighted by Crippen LogP contribution is -2.51. The number of ether oxygens (including phenoxy) is 2. The van der Waals surface area contributed by atoms with E-state index in [9.17, 15) is 29.4 Å². The number of amides is 2. The van der Waals surface area contributed by atoms with Crippen molar-refractivity contribution in [2.24, 2.45) is 23.7 Å². The van der Waals surface area contributed by atoms with E-state index in [0.717, 1.165) is 0 Å². The number of carboxylic acid groups (broad SMARTS) is 2. The summed E-state index contributed by atoms with van der Waals surface area (Å²) < 4.78 is 10.0. The fourth-order valence-electron chi connectivity index (χ4n) is 3.39.